The standard InChI is InChI=1S/C15H24N2O4/c1-3-16(9-10(2)15(20)21)14(19)12-5-4-8-17(12)13(18)11-6-7-11/h10-12H,3-9H2,1-2H3,(H,20,21). The first-order valence-electron chi connectivity index (χ1n) is 7.77. The molecule has 2 aliphatic rings. The van der Waals surface area contributed by atoms with Crippen LogP contribution in [0.5, 0.6) is 0 Å². The lowest BCUT2D eigenvalue weighted by molar-refractivity contribution is -0.147. The number of aliphatic carboxylic acids is 1. The molecule has 0 spiro atoms. The zero-order valence-corrected chi connectivity index (χ0v) is 12.7. The van der Waals surface area contributed by atoms with Crippen LogP contribution in [0.25, 0.3) is 0 Å². The summed E-state index contributed by atoms with van der Waals surface area (Å²) in [6, 6.07) is -0.390. The number of likely N-dealkylation sites (N-methyl/N-ethyl adjacent to an activating group) is 1. The molecule has 2 fully saturated rings. The van der Waals surface area contributed by atoms with Gasteiger partial charge in [-0.1, -0.05) is 6.92 Å². The van der Waals surface area contributed by atoms with Crippen molar-refractivity contribution in [2.45, 2.75) is 45.6 Å². The van der Waals surface area contributed by atoms with E-state index < -0.39 is 11.9 Å². The molecule has 1 heterocycles. The molecule has 2 rings (SSSR count). The molecule has 21 heavy (non-hydrogen) atoms. The van der Waals surface area contributed by atoms with E-state index in [1.54, 1.807) is 16.7 Å². The van der Waals surface area contributed by atoms with E-state index in [4.69, 9.17) is 5.11 Å². The van der Waals surface area contributed by atoms with Crippen LogP contribution in [0.3, 0.4) is 0 Å². The maximum Gasteiger partial charge on any atom is 0.308 e. The summed E-state index contributed by atoms with van der Waals surface area (Å²) >= 11 is 0. The molecular formula is C15H24N2O4. The molecule has 6 nitrogen and oxygen atoms in total. The monoisotopic (exact) mass is 296 g/mol. The summed E-state index contributed by atoms with van der Waals surface area (Å²) < 4.78 is 0. The van der Waals surface area contributed by atoms with Crippen LogP contribution >= 0.6 is 0 Å². The van der Waals surface area contributed by atoms with Crippen molar-refractivity contribution < 1.29 is 19.5 Å². The smallest absolute Gasteiger partial charge is 0.308 e. The number of carbonyl (C=O) groups is 3. The van der Waals surface area contributed by atoms with Crippen molar-refractivity contribution in [3.8, 4) is 0 Å². The number of carboxylic acid groups (broad SMARTS) is 1. The Labute approximate surface area is 125 Å². The summed E-state index contributed by atoms with van der Waals surface area (Å²) in [5, 5.41) is 8.99. The van der Waals surface area contributed by atoms with Crippen LogP contribution in [-0.2, 0) is 14.4 Å². The highest BCUT2D eigenvalue weighted by Crippen LogP contribution is 2.34. The van der Waals surface area contributed by atoms with Gasteiger partial charge in [0.25, 0.3) is 0 Å². The number of likely N-dealkylation sites (tertiary alicyclic amines) is 1. The molecule has 118 valence electrons. The van der Waals surface area contributed by atoms with Gasteiger partial charge in [0.15, 0.2) is 0 Å². The van der Waals surface area contributed by atoms with Gasteiger partial charge in [-0.2, -0.15) is 0 Å². The van der Waals surface area contributed by atoms with E-state index in [0.29, 0.717) is 19.5 Å². The van der Waals surface area contributed by atoms with Gasteiger partial charge in [-0.05, 0) is 32.6 Å². The summed E-state index contributed by atoms with van der Waals surface area (Å²) in [5.41, 5.74) is 0. The Morgan fingerprint density at radius 1 is 1.29 bits per heavy atom. The number of carbonyl (C=O) groups excluding carboxylic acids is 2. The predicted octanol–water partition coefficient (Wildman–Crippen LogP) is 0.957. The highest BCUT2D eigenvalue weighted by Gasteiger charge is 2.42. The maximum absolute atomic E-state index is 12.6. The molecule has 2 atom stereocenters. The SMILES string of the molecule is CCN(CC(C)C(=O)O)C(=O)C1CCCN1C(=O)C1CC1. The van der Waals surface area contributed by atoms with Crippen molar-refractivity contribution >= 4 is 17.8 Å². The third-order valence-corrected chi connectivity index (χ3v) is 4.36. The molecule has 0 aromatic heterocycles. The van der Waals surface area contributed by atoms with Crippen LogP contribution in [0.4, 0.5) is 0 Å². The van der Waals surface area contributed by atoms with Crippen molar-refractivity contribution in [3.63, 3.8) is 0 Å². The second-order valence-corrected chi connectivity index (χ2v) is 6.08. The predicted molar refractivity (Wildman–Crippen MR) is 76.5 cm³/mol. The summed E-state index contributed by atoms with van der Waals surface area (Å²) in [4.78, 5) is 39.1. The summed E-state index contributed by atoms with van der Waals surface area (Å²) in [6.45, 7) is 4.76. The van der Waals surface area contributed by atoms with E-state index in [1.807, 2.05) is 6.92 Å². The Balaban J connectivity index is 2.01. The summed E-state index contributed by atoms with van der Waals surface area (Å²) in [7, 11) is 0. The largest absolute Gasteiger partial charge is 0.481 e. The maximum atomic E-state index is 12.6. The second kappa shape index (κ2) is 6.45. The molecule has 2 amide bonds. The molecule has 1 saturated heterocycles. The molecule has 0 bridgehead atoms. The molecule has 1 saturated carbocycles. The van der Waals surface area contributed by atoms with Gasteiger partial charge in [0, 0.05) is 25.6 Å². The fourth-order valence-corrected chi connectivity index (χ4v) is 2.85. The molecule has 1 aliphatic heterocycles. The fraction of sp³-hybridized carbons (Fsp3) is 0.800. The average molecular weight is 296 g/mol. The molecule has 0 aromatic carbocycles. The van der Waals surface area contributed by atoms with Crippen molar-refractivity contribution in [3.05, 3.63) is 0 Å². The van der Waals surface area contributed by atoms with Crippen LogP contribution in [0.2, 0.25) is 0 Å². The minimum atomic E-state index is -0.904. The molecule has 0 aromatic rings. The lowest BCUT2D eigenvalue weighted by atomic mass is 10.1. The van der Waals surface area contributed by atoms with Crippen LogP contribution < -0.4 is 0 Å². The quantitative estimate of drug-likeness (QED) is 0.792. The van der Waals surface area contributed by atoms with E-state index >= 15 is 0 Å². The van der Waals surface area contributed by atoms with E-state index in [1.165, 1.54) is 0 Å². The van der Waals surface area contributed by atoms with Crippen molar-refractivity contribution in [2.75, 3.05) is 19.6 Å². The third-order valence-electron chi connectivity index (χ3n) is 4.36. The highest BCUT2D eigenvalue weighted by atomic mass is 16.4. The molecule has 2 unspecified atom stereocenters. The first-order chi connectivity index (χ1) is 9.95. The van der Waals surface area contributed by atoms with E-state index in [9.17, 15) is 14.4 Å². The number of hydrogen-bond acceptors (Lipinski definition) is 3. The van der Waals surface area contributed by atoms with Crippen molar-refractivity contribution in [2.24, 2.45) is 11.8 Å². The highest BCUT2D eigenvalue weighted by molar-refractivity contribution is 5.90. The Hall–Kier alpha value is -1.59. The van der Waals surface area contributed by atoms with Gasteiger partial charge < -0.3 is 14.9 Å². The summed E-state index contributed by atoms with van der Waals surface area (Å²) in [5.74, 6) is -1.38. The van der Waals surface area contributed by atoms with E-state index in [0.717, 1.165) is 19.3 Å². The zero-order valence-electron chi connectivity index (χ0n) is 12.7. The lowest BCUT2D eigenvalue weighted by Crippen LogP contribution is -2.49. The average Bonchev–Trinajstić information content (AvgIpc) is 3.19. The Morgan fingerprint density at radius 3 is 2.48 bits per heavy atom. The topological polar surface area (TPSA) is 77.9 Å². The van der Waals surface area contributed by atoms with Crippen LogP contribution in [-0.4, -0.2) is 58.4 Å². The first kappa shape index (κ1) is 15.8. The van der Waals surface area contributed by atoms with Gasteiger partial charge in [0.2, 0.25) is 11.8 Å². The number of rotatable bonds is 6. The Kier molecular flexibility index (Phi) is 4.85. The second-order valence-electron chi connectivity index (χ2n) is 6.08. The van der Waals surface area contributed by atoms with Gasteiger partial charge in [0.05, 0.1) is 5.92 Å². The molecule has 6 heteroatoms. The van der Waals surface area contributed by atoms with Crippen LogP contribution in [0.15, 0.2) is 0 Å². The Morgan fingerprint density at radius 2 is 1.95 bits per heavy atom. The number of hydrogen-bond donors (Lipinski definition) is 1. The first-order valence-corrected chi connectivity index (χ1v) is 7.77. The number of amides is 2. The van der Waals surface area contributed by atoms with Gasteiger partial charge in [-0.25, -0.2) is 0 Å². The van der Waals surface area contributed by atoms with Crippen molar-refractivity contribution in [1.82, 2.24) is 9.80 Å². The van der Waals surface area contributed by atoms with E-state index in [-0.39, 0.29) is 30.3 Å². The molecule has 1 aliphatic carbocycles. The minimum Gasteiger partial charge on any atom is -0.481 e. The molecular weight excluding hydrogens is 272 g/mol. The Bertz CT molecular complexity index is 433. The van der Waals surface area contributed by atoms with Gasteiger partial charge in [0.1, 0.15) is 6.04 Å². The van der Waals surface area contributed by atoms with E-state index in [2.05, 4.69) is 0 Å². The fourth-order valence-electron chi connectivity index (χ4n) is 2.85. The number of carboxylic acids is 1. The third kappa shape index (κ3) is 3.54. The lowest BCUT2D eigenvalue weighted by Gasteiger charge is -2.30. The van der Waals surface area contributed by atoms with Crippen molar-refractivity contribution in [1.29, 1.82) is 0 Å². The number of nitrogens with zero attached hydrogens (tertiary/aromatic N) is 2. The van der Waals surface area contributed by atoms with Crippen LogP contribution in [0.1, 0.15) is 39.5 Å². The van der Waals surface area contributed by atoms with Gasteiger partial charge in [-0.15, -0.1) is 0 Å². The van der Waals surface area contributed by atoms with Gasteiger partial charge >= 0.3 is 5.97 Å². The summed E-state index contributed by atoms with van der Waals surface area (Å²) in [6.07, 6.45) is 3.41. The van der Waals surface area contributed by atoms with Crippen LogP contribution in [0, 0.1) is 11.8 Å². The molecule has 1 N–H and O–H groups in total. The zero-order chi connectivity index (χ0) is 15.6. The minimum absolute atomic E-state index is 0.0999. The molecule has 0 radical (unpaired) electrons. The normalized spacial score (nSPS) is 23.0. The van der Waals surface area contributed by atoms with Gasteiger partial charge in [-0.3, -0.25) is 14.4 Å².